The Morgan fingerprint density at radius 1 is 1.07 bits per heavy atom. The minimum absolute atomic E-state index is 0.144. The molecular weight excluding hydrogens is 400 g/mol. The van der Waals surface area contributed by atoms with E-state index < -0.39 is 40.3 Å². The van der Waals surface area contributed by atoms with Crippen molar-refractivity contribution in [3.63, 3.8) is 0 Å². The number of carbonyl (C=O) groups excluding carboxylic acids is 1. The molecule has 0 aromatic heterocycles. The number of amides is 1. The highest BCUT2D eigenvalue weighted by Crippen LogP contribution is 2.55. The van der Waals surface area contributed by atoms with Crippen LogP contribution in [0.3, 0.4) is 0 Å². The standard InChI is InChI=1S/C20H19ClN2O6/c1-9-11(7-12-10(8-21)5-4-6-13(12)22(9)2)20(29)23(3)14-15(24)17(26)19(28)18(27)16(14)25/h4-7,24-28H,1,8H2,2-3H3. The van der Waals surface area contributed by atoms with Gasteiger partial charge >= 0.3 is 0 Å². The number of phenolic OH excluding ortho intramolecular Hbond substituents is 5. The van der Waals surface area contributed by atoms with E-state index in [9.17, 15) is 30.3 Å². The van der Waals surface area contributed by atoms with Gasteiger partial charge in [-0.25, -0.2) is 0 Å². The average Bonchev–Trinajstić information content (AvgIpc) is 2.72. The van der Waals surface area contributed by atoms with Gasteiger partial charge in [-0.05, 0) is 17.7 Å². The van der Waals surface area contributed by atoms with Crippen LogP contribution in [0, 0.1) is 0 Å². The largest absolute Gasteiger partial charge is 0.503 e. The molecule has 0 saturated carbocycles. The van der Waals surface area contributed by atoms with Crippen LogP contribution in [0.4, 0.5) is 11.4 Å². The van der Waals surface area contributed by atoms with Gasteiger partial charge < -0.3 is 35.3 Å². The number of nitrogens with zero attached hydrogens (tertiary/aromatic N) is 2. The summed E-state index contributed by atoms with van der Waals surface area (Å²) in [5.74, 6) is -5.65. The van der Waals surface area contributed by atoms with Gasteiger partial charge in [0, 0.05) is 36.9 Å². The van der Waals surface area contributed by atoms with E-state index in [-0.39, 0.29) is 11.5 Å². The first-order chi connectivity index (χ1) is 13.6. The van der Waals surface area contributed by atoms with Gasteiger partial charge in [0.1, 0.15) is 5.69 Å². The summed E-state index contributed by atoms with van der Waals surface area (Å²) in [5.41, 5.74) is 2.24. The lowest BCUT2D eigenvalue weighted by atomic mass is 9.96. The van der Waals surface area contributed by atoms with E-state index in [1.54, 1.807) is 18.0 Å². The fourth-order valence-electron chi connectivity index (χ4n) is 3.19. The number of hydrogen-bond acceptors (Lipinski definition) is 7. The zero-order valence-corrected chi connectivity index (χ0v) is 16.4. The van der Waals surface area contributed by atoms with Crippen molar-refractivity contribution in [2.45, 2.75) is 5.88 Å². The van der Waals surface area contributed by atoms with Gasteiger partial charge in [0.25, 0.3) is 5.91 Å². The molecule has 0 aliphatic carbocycles. The van der Waals surface area contributed by atoms with Crippen molar-refractivity contribution >= 4 is 35.0 Å². The Kier molecular flexibility index (Phi) is 4.98. The molecule has 0 fully saturated rings. The van der Waals surface area contributed by atoms with E-state index in [4.69, 9.17) is 11.6 Å². The van der Waals surface area contributed by atoms with Gasteiger partial charge in [0.2, 0.25) is 17.2 Å². The molecule has 8 nitrogen and oxygen atoms in total. The van der Waals surface area contributed by atoms with E-state index in [1.807, 2.05) is 18.2 Å². The Bertz CT molecular complexity index is 1050. The van der Waals surface area contributed by atoms with Crippen molar-refractivity contribution < 1.29 is 30.3 Å². The Balaban J connectivity index is 2.14. The number of hydrogen-bond donors (Lipinski definition) is 5. The summed E-state index contributed by atoms with van der Waals surface area (Å²) in [6.45, 7) is 3.94. The summed E-state index contributed by atoms with van der Waals surface area (Å²) in [4.78, 5) is 15.7. The van der Waals surface area contributed by atoms with Gasteiger partial charge in [-0.15, -0.1) is 11.6 Å². The van der Waals surface area contributed by atoms with Crippen LogP contribution in [-0.4, -0.2) is 45.5 Å². The van der Waals surface area contributed by atoms with Crippen molar-refractivity contribution in [3.8, 4) is 28.7 Å². The SMILES string of the molecule is C=C1C(C(=O)N(C)c2c(O)c(O)c(O)c(O)c2O)=Cc2c(CCl)cccc2N1C. The number of alkyl halides is 1. The summed E-state index contributed by atoms with van der Waals surface area (Å²) in [7, 11) is 2.96. The first-order valence-electron chi connectivity index (χ1n) is 8.41. The van der Waals surface area contributed by atoms with Crippen molar-refractivity contribution in [2.75, 3.05) is 23.9 Å². The maximum Gasteiger partial charge on any atom is 0.260 e. The number of benzene rings is 2. The number of phenols is 5. The molecule has 29 heavy (non-hydrogen) atoms. The number of fused-ring (bicyclic) bond motifs is 1. The smallest absolute Gasteiger partial charge is 0.260 e. The highest BCUT2D eigenvalue weighted by Gasteiger charge is 2.32. The summed E-state index contributed by atoms with van der Waals surface area (Å²) >= 11 is 6.01. The molecule has 1 heterocycles. The predicted molar refractivity (Wildman–Crippen MR) is 110 cm³/mol. The highest BCUT2D eigenvalue weighted by molar-refractivity contribution is 6.18. The number of likely N-dealkylation sites (N-methyl/N-ethyl adjacent to an activating group) is 2. The summed E-state index contributed by atoms with van der Waals surface area (Å²) < 4.78 is 0. The Labute approximate surface area is 171 Å². The van der Waals surface area contributed by atoms with Crippen LogP contribution in [-0.2, 0) is 10.7 Å². The number of carbonyl (C=O) groups is 1. The third-order valence-electron chi connectivity index (χ3n) is 4.90. The van der Waals surface area contributed by atoms with Crippen LogP contribution in [0.2, 0.25) is 0 Å². The van der Waals surface area contributed by atoms with Gasteiger partial charge in [-0.1, -0.05) is 18.7 Å². The van der Waals surface area contributed by atoms with E-state index in [0.717, 1.165) is 21.7 Å². The lowest BCUT2D eigenvalue weighted by Crippen LogP contribution is -2.33. The molecule has 9 heteroatoms. The van der Waals surface area contributed by atoms with E-state index in [0.29, 0.717) is 5.70 Å². The zero-order chi connectivity index (χ0) is 21.6. The molecule has 3 rings (SSSR count). The molecule has 1 aliphatic rings. The lowest BCUT2D eigenvalue weighted by molar-refractivity contribution is -0.114. The number of halogens is 1. The quantitative estimate of drug-likeness (QED) is 0.295. The summed E-state index contributed by atoms with van der Waals surface area (Å²) in [6, 6.07) is 5.51. The van der Waals surface area contributed by atoms with Gasteiger partial charge in [0.05, 0.1) is 5.57 Å². The number of aromatic hydroxyl groups is 5. The molecule has 2 aromatic rings. The van der Waals surface area contributed by atoms with Crippen LogP contribution in [0.25, 0.3) is 6.08 Å². The maximum atomic E-state index is 13.2. The molecule has 5 N–H and O–H groups in total. The molecule has 0 atom stereocenters. The van der Waals surface area contributed by atoms with Gasteiger partial charge in [-0.2, -0.15) is 0 Å². The van der Waals surface area contributed by atoms with Gasteiger partial charge in [-0.3, -0.25) is 4.79 Å². The normalized spacial score (nSPS) is 13.1. The minimum Gasteiger partial charge on any atom is -0.503 e. The second kappa shape index (κ2) is 7.14. The van der Waals surface area contributed by atoms with Crippen LogP contribution in [0.5, 0.6) is 28.7 Å². The third kappa shape index (κ3) is 2.98. The predicted octanol–water partition coefficient (Wildman–Crippen LogP) is 2.96. The Hall–Kier alpha value is -3.52. The first-order valence-corrected chi connectivity index (χ1v) is 8.94. The molecule has 0 radical (unpaired) electrons. The Morgan fingerprint density at radius 2 is 1.62 bits per heavy atom. The summed E-state index contributed by atoms with van der Waals surface area (Å²) in [6.07, 6.45) is 1.60. The fourth-order valence-corrected chi connectivity index (χ4v) is 3.42. The monoisotopic (exact) mass is 418 g/mol. The van der Waals surface area contributed by atoms with Crippen LogP contribution in [0.15, 0.2) is 36.0 Å². The molecular formula is C20H19ClN2O6. The minimum atomic E-state index is -1.11. The third-order valence-corrected chi connectivity index (χ3v) is 5.19. The molecule has 0 bridgehead atoms. The first kappa shape index (κ1) is 20.2. The van der Waals surface area contributed by atoms with E-state index in [1.165, 1.54) is 7.05 Å². The zero-order valence-electron chi connectivity index (χ0n) is 15.6. The van der Waals surface area contributed by atoms with Crippen LogP contribution in [0.1, 0.15) is 11.1 Å². The van der Waals surface area contributed by atoms with Crippen molar-refractivity contribution in [1.29, 1.82) is 0 Å². The van der Waals surface area contributed by atoms with Crippen molar-refractivity contribution in [3.05, 3.63) is 47.2 Å². The van der Waals surface area contributed by atoms with E-state index in [2.05, 4.69) is 6.58 Å². The summed E-state index contributed by atoms with van der Waals surface area (Å²) in [5, 5.41) is 49.3. The fraction of sp³-hybridized carbons (Fsp3) is 0.150. The number of rotatable bonds is 3. The molecule has 152 valence electrons. The van der Waals surface area contributed by atoms with Crippen molar-refractivity contribution in [2.24, 2.45) is 0 Å². The maximum absolute atomic E-state index is 13.2. The molecule has 0 unspecified atom stereocenters. The number of anilines is 2. The lowest BCUT2D eigenvalue weighted by Gasteiger charge is -2.32. The second-order valence-corrected chi connectivity index (χ2v) is 6.77. The topological polar surface area (TPSA) is 125 Å². The van der Waals surface area contributed by atoms with Crippen LogP contribution < -0.4 is 9.80 Å². The van der Waals surface area contributed by atoms with Gasteiger partial charge in [0.15, 0.2) is 11.5 Å². The molecule has 2 aromatic carbocycles. The van der Waals surface area contributed by atoms with Crippen LogP contribution >= 0.6 is 11.6 Å². The Morgan fingerprint density at radius 3 is 2.17 bits per heavy atom. The molecule has 0 saturated heterocycles. The van der Waals surface area contributed by atoms with E-state index >= 15 is 0 Å². The average molecular weight is 419 g/mol. The molecule has 0 spiro atoms. The van der Waals surface area contributed by atoms with Crippen molar-refractivity contribution in [1.82, 2.24) is 0 Å². The molecule has 1 aliphatic heterocycles. The second-order valence-electron chi connectivity index (χ2n) is 6.50. The molecule has 1 amide bonds. The highest BCUT2D eigenvalue weighted by atomic mass is 35.5.